The molecule has 1 aromatic rings. The lowest BCUT2D eigenvalue weighted by Crippen LogP contribution is -2.35. The van der Waals surface area contributed by atoms with E-state index < -0.39 is 5.97 Å². The molecule has 1 aliphatic carbocycles. The molecule has 1 heterocycles. The highest BCUT2D eigenvalue weighted by Gasteiger charge is 2.39. The van der Waals surface area contributed by atoms with E-state index in [0.717, 1.165) is 19.3 Å². The molecule has 0 spiro atoms. The van der Waals surface area contributed by atoms with E-state index in [9.17, 15) is 9.90 Å². The number of hydrogen-bond acceptors (Lipinski definition) is 1. The Morgan fingerprint density at radius 3 is 2.32 bits per heavy atom. The predicted octanol–water partition coefficient (Wildman–Crippen LogP) is 4.62. The Morgan fingerprint density at radius 2 is 1.84 bits per heavy atom. The molecule has 0 radical (unpaired) electrons. The maximum absolute atomic E-state index is 11.3. The van der Waals surface area contributed by atoms with E-state index >= 15 is 0 Å². The number of carboxylic acid groups (broad SMARTS) is 1. The number of halogens is 1. The zero-order valence-electron chi connectivity index (χ0n) is 12.0. The molecule has 4 heteroatoms. The first-order valence-corrected chi connectivity index (χ1v) is 7.08. The fourth-order valence-corrected chi connectivity index (χ4v) is 4.11. The third kappa shape index (κ3) is 3.14. The molecule has 0 amide bonds. The van der Waals surface area contributed by atoms with Crippen LogP contribution in [0, 0.1) is 10.8 Å². The summed E-state index contributed by atoms with van der Waals surface area (Å²) in [5, 5.41) is 9.79. The summed E-state index contributed by atoms with van der Waals surface area (Å²) < 4.78 is 1.85. The largest absolute Gasteiger partial charge is 0.477 e. The number of aromatic nitrogens is 1. The van der Waals surface area contributed by atoms with Gasteiger partial charge in [-0.25, -0.2) is 4.79 Å². The van der Waals surface area contributed by atoms with Crippen LogP contribution in [0.25, 0.3) is 0 Å². The Kier molecular flexibility index (Phi) is 3.46. The molecule has 1 aromatic heterocycles. The molecule has 0 aromatic carbocycles. The molecular formula is C15H22ClNO2. The lowest BCUT2D eigenvalue weighted by atomic mass is 9.63. The fraction of sp³-hybridized carbons (Fsp3) is 0.667. The number of rotatable bonds is 2. The summed E-state index contributed by atoms with van der Waals surface area (Å²) in [6.07, 6.45) is 4.89. The monoisotopic (exact) mass is 283 g/mol. The molecule has 0 saturated heterocycles. The van der Waals surface area contributed by atoms with Gasteiger partial charge in [0.25, 0.3) is 0 Å². The third-order valence-corrected chi connectivity index (χ3v) is 4.17. The minimum Gasteiger partial charge on any atom is -0.477 e. The molecule has 0 bridgehead atoms. The Bertz CT molecular complexity index is 486. The van der Waals surface area contributed by atoms with Crippen LogP contribution in [-0.2, 0) is 0 Å². The molecule has 1 aliphatic rings. The molecule has 106 valence electrons. The number of carboxylic acids is 1. The van der Waals surface area contributed by atoms with Crippen molar-refractivity contribution in [1.82, 2.24) is 4.57 Å². The second kappa shape index (κ2) is 4.55. The van der Waals surface area contributed by atoms with Crippen molar-refractivity contribution in [2.45, 2.75) is 53.0 Å². The van der Waals surface area contributed by atoms with Crippen LogP contribution >= 0.6 is 11.6 Å². The SMILES string of the molecule is CC1(C)CC(n2cc(Cl)cc2C(=O)O)CC(C)(C)C1. The van der Waals surface area contributed by atoms with Gasteiger partial charge in [0.2, 0.25) is 0 Å². The van der Waals surface area contributed by atoms with Gasteiger partial charge in [-0.3, -0.25) is 0 Å². The highest BCUT2D eigenvalue weighted by molar-refractivity contribution is 6.30. The maximum Gasteiger partial charge on any atom is 0.352 e. The van der Waals surface area contributed by atoms with Gasteiger partial charge in [0.1, 0.15) is 5.69 Å². The van der Waals surface area contributed by atoms with Crippen molar-refractivity contribution >= 4 is 17.6 Å². The van der Waals surface area contributed by atoms with E-state index in [1.54, 1.807) is 12.3 Å². The van der Waals surface area contributed by atoms with Gasteiger partial charge >= 0.3 is 5.97 Å². The molecule has 2 rings (SSSR count). The Hall–Kier alpha value is -0.960. The summed E-state index contributed by atoms with van der Waals surface area (Å²) in [6.45, 7) is 9.03. The van der Waals surface area contributed by atoms with Gasteiger partial charge < -0.3 is 9.67 Å². The predicted molar refractivity (Wildman–Crippen MR) is 76.9 cm³/mol. The molecule has 0 unspecified atom stereocenters. The van der Waals surface area contributed by atoms with Gasteiger partial charge in [-0.2, -0.15) is 0 Å². The van der Waals surface area contributed by atoms with Gasteiger partial charge in [-0.1, -0.05) is 39.3 Å². The first-order chi connectivity index (χ1) is 8.60. The minimum atomic E-state index is -0.909. The molecule has 1 N–H and O–H groups in total. The average molecular weight is 284 g/mol. The maximum atomic E-state index is 11.3. The summed E-state index contributed by atoms with van der Waals surface area (Å²) in [4.78, 5) is 11.3. The van der Waals surface area contributed by atoms with Crippen LogP contribution in [0.2, 0.25) is 5.02 Å². The Labute approximate surface area is 119 Å². The molecule has 1 saturated carbocycles. The van der Waals surface area contributed by atoms with Crippen molar-refractivity contribution in [2.24, 2.45) is 10.8 Å². The van der Waals surface area contributed by atoms with Crippen LogP contribution in [-0.4, -0.2) is 15.6 Å². The van der Waals surface area contributed by atoms with Gasteiger partial charge in [-0.15, -0.1) is 0 Å². The van der Waals surface area contributed by atoms with Crippen LogP contribution in [0.1, 0.15) is 63.5 Å². The van der Waals surface area contributed by atoms with Crippen molar-refractivity contribution in [2.75, 3.05) is 0 Å². The smallest absolute Gasteiger partial charge is 0.352 e. The van der Waals surface area contributed by atoms with Gasteiger partial charge in [0, 0.05) is 12.2 Å². The molecule has 1 fully saturated rings. The zero-order valence-corrected chi connectivity index (χ0v) is 12.8. The normalized spacial score (nSPS) is 22.4. The Morgan fingerprint density at radius 1 is 1.32 bits per heavy atom. The lowest BCUT2D eigenvalue weighted by Gasteiger charge is -2.45. The van der Waals surface area contributed by atoms with Crippen LogP contribution < -0.4 is 0 Å². The average Bonchev–Trinajstić information content (AvgIpc) is 2.55. The van der Waals surface area contributed by atoms with Crippen molar-refractivity contribution in [3.05, 3.63) is 23.0 Å². The molecule has 0 aliphatic heterocycles. The highest BCUT2D eigenvalue weighted by atomic mass is 35.5. The summed E-state index contributed by atoms with van der Waals surface area (Å²) >= 11 is 5.99. The zero-order chi connectivity index (χ0) is 14.4. The van der Waals surface area contributed by atoms with Crippen molar-refractivity contribution in [3.63, 3.8) is 0 Å². The topological polar surface area (TPSA) is 42.2 Å². The second-order valence-corrected chi connectivity index (χ2v) is 7.76. The number of aromatic carboxylic acids is 1. The third-order valence-electron chi connectivity index (χ3n) is 3.96. The number of hydrogen-bond donors (Lipinski definition) is 1. The van der Waals surface area contributed by atoms with E-state index in [-0.39, 0.29) is 16.9 Å². The molecule has 0 atom stereocenters. The standard InChI is InChI=1S/C15H22ClNO2/c1-14(2)6-11(7-15(3,4)9-14)17-8-10(16)5-12(17)13(18)19/h5,8,11H,6-7,9H2,1-4H3,(H,18,19). The van der Waals surface area contributed by atoms with Gasteiger partial charge in [0.15, 0.2) is 0 Å². The van der Waals surface area contributed by atoms with Crippen LogP contribution in [0.15, 0.2) is 12.3 Å². The van der Waals surface area contributed by atoms with E-state index in [1.807, 2.05) is 4.57 Å². The summed E-state index contributed by atoms with van der Waals surface area (Å²) in [7, 11) is 0. The Balaban J connectivity index is 2.38. The molecule has 3 nitrogen and oxygen atoms in total. The quantitative estimate of drug-likeness (QED) is 0.861. The van der Waals surface area contributed by atoms with Gasteiger partial charge in [0.05, 0.1) is 5.02 Å². The highest BCUT2D eigenvalue weighted by Crippen LogP contribution is 2.50. The summed E-state index contributed by atoms with van der Waals surface area (Å²) in [6, 6.07) is 1.75. The van der Waals surface area contributed by atoms with E-state index in [4.69, 9.17) is 11.6 Å². The first-order valence-electron chi connectivity index (χ1n) is 6.70. The van der Waals surface area contributed by atoms with Crippen molar-refractivity contribution in [1.29, 1.82) is 0 Å². The first kappa shape index (κ1) is 14.4. The van der Waals surface area contributed by atoms with Crippen molar-refractivity contribution in [3.8, 4) is 0 Å². The van der Waals surface area contributed by atoms with Crippen LogP contribution in [0.4, 0.5) is 0 Å². The minimum absolute atomic E-state index is 0.206. The molecule has 19 heavy (non-hydrogen) atoms. The summed E-state index contributed by atoms with van der Waals surface area (Å²) in [5.41, 5.74) is 0.737. The fourth-order valence-electron chi connectivity index (χ4n) is 3.90. The van der Waals surface area contributed by atoms with E-state index in [1.165, 1.54) is 0 Å². The number of carbonyl (C=O) groups is 1. The van der Waals surface area contributed by atoms with Gasteiger partial charge in [-0.05, 0) is 36.2 Å². The second-order valence-electron chi connectivity index (χ2n) is 7.32. The lowest BCUT2D eigenvalue weighted by molar-refractivity contribution is 0.0601. The van der Waals surface area contributed by atoms with E-state index in [2.05, 4.69) is 27.7 Å². The molecular weight excluding hydrogens is 262 g/mol. The van der Waals surface area contributed by atoms with Crippen LogP contribution in [0.3, 0.4) is 0 Å². The summed E-state index contributed by atoms with van der Waals surface area (Å²) in [5.74, 6) is -0.909. The van der Waals surface area contributed by atoms with Crippen LogP contribution in [0.5, 0.6) is 0 Å². The van der Waals surface area contributed by atoms with E-state index in [0.29, 0.717) is 10.7 Å². The number of nitrogens with zero attached hydrogens (tertiary/aromatic N) is 1. The van der Waals surface area contributed by atoms with Crippen molar-refractivity contribution < 1.29 is 9.90 Å².